The van der Waals surface area contributed by atoms with Gasteiger partial charge in [-0.05, 0) is 38.7 Å². The summed E-state index contributed by atoms with van der Waals surface area (Å²) in [5.74, 6) is -0.0356. The van der Waals surface area contributed by atoms with Crippen molar-refractivity contribution in [3.8, 4) is 0 Å². The molecule has 0 aliphatic heterocycles. The molecule has 0 aliphatic carbocycles. The van der Waals surface area contributed by atoms with Gasteiger partial charge >= 0.3 is 6.09 Å². The Morgan fingerprint density at radius 3 is 2.17 bits per heavy atom. The molecule has 0 radical (unpaired) electrons. The Bertz CT molecular complexity index is 521. The Morgan fingerprint density at radius 1 is 1.17 bits per heavy atom. The van der Waals surface area contributed by atoms with E-state index < -0.39 is 17.7 Å². The summed E-state index contributed by atoms with van der Waals surface area (Å²) in [4.78, 5) is 25.6. The largest absolute Gasteiger partial charge is 0.465 e. The first kappa shape index (κ1) is 19.0. The summed E-state index contributed by atoms with van der Waals surface area (Å²) in [7, 11) is 0. The Morgan fingerprint density at radius 2 is 1.74 bits per heavy atom. The van der Waals surface area contributed by atoms with Gasteiger partial charge in [-0.25, -0.2) is 4.79 Å². The van der Waals surface area contributed by atoms with Gasteiger partial charge in [0, 0.05) is 12.1 Å². The van der Waals surface area contributed by atoms with Gasteiger partial charge < -0.3 is 10.4 Å². The molecule has 1 atom stereocenters. The number of carbonyl (C=O) groups is 2. The molecule has 5 heteroatoms. The summed E-state index contributed by atoms with van der Waals surface area (Å²) < 4.78 is 0. The standard InChI is InChI=1S/C18H28N2O3/c1-13(2)11-15(20(17(22)23)18(3,4)5)16(21)19-12-14-9-7-6-8-10-14/h6-10,13,15H,11-12H2,1-5H3,(H,19,21)(H,22,23). The molecule has 0 bridgehead atoms. The molecule has 128 valence electrons. The SMILES string of the molecule is CC(C)CC(C(=O)NCc1ccccc1)N(C(=O)O)C(C)(C)C. The Kier molecular flexibility index (Phi) is 6.61. The lowest BCUT2D eigenvalue weighted by Crippen LogP contribution is -2.57. The van der Waals surface area contributed by atoms with Crippen LogP contribution in [-0.4, -0.2) is 33.6 Å². The molecule has 0 saturated heterocycles. The van der Waals surface area contributed by atoms with E-state index >= 15 is 0 Å². The Balaban J connectivity index is 2.91. The second-order valence-electron chi connectivity index (χ2n) is 7.17. The van der Waals surface area contributed by atoms with Crippen molar-refractivity contribution >= 4 is 12.0 Å². The van der Waals surface area contributed by atoms with E-state index in [0.29, 0.717) is 13.0 Å². The van der Waals surface area contributed by atoms with E-state index in [1.807, 2.05) is 44.2 Å². The highest BCUT2D eigenvalue weighted by molar-refractivity contribution is 5.85. The van der Waals surface area contributed by atoms with E-state index in [1.54, 1.807) is 20.8 Å². The fourth-order valence-electron chi connectivity index (χ4n) is 2.57. The molecular formula is C18H28N2O3. The van der Waals surface area contributed by atoms with Crippen molar-refractivity contribution in [2.45, 2.75) is 59.2 Å². The summed E-state index contributed by atoms with van der Waals surface area (Å²) in [6, 6.07) is 8.89. The fourth-order valence-corrected chi connectivity index (χ4v) is 2.57. The normalized spacial score (nSPS) is 12.8. The van der Waals surface area contributed by atoms with Gasteiger partial charge in [0.1, 0.15) is 6.04 Å². The maximum Gasteiger partial charge on any atom is 0.408 e. The maximum atomic E-state index is 12.6. The van der Waals surface area contributed by atoms with Gasteiger partial charge in [0.25, 0.3) is 0 Å². The van der Waals surface area contributed by atoms with Gasteiger partial charge in [-0.1, -0.05) is 44.2 Å². The van der Waals surface area contributed by atoms with Crippen LogP contribution in [0.15, 0.2) is 30.3 Å². The second kappa shape index (κ2) is 7.99. The van der Waals surface area contributed by atoms with Crippen molar-refractivity contribution in [2.75, 3.05) is 0 Å². The Hall–Kier alpha value is -2.04. The summed E-state index contributed by atoms with van der Waals surface area (Å²) in [6.07, 6.45) is -0.581. The van der Waals surface area contributed by atoms with Crippen LogP contribution in [0.25, 0.3) is 0 Å². The number of nitrogens with zero attached hydrogens (tertiary/aromatic N) is 1. The lowest BCUT2D eigenvalue weighted by Gasteiger charge is -2.39. The van der Waals surface area contributed by atoms with E-state index in [9.17, 15) is 14.7 Å². The molecule has 1 aromatic rings. The average Bonchev–Trinajstić information content (AvgIpc) is 2.42. The van der Waals surface area contributed by atoms with Crippen LogP contribution in [0.5, 0.6) is 0 Å². The number of amides is 2. The molecule has 2 N–H and O–H groups in total. The minimum absolute atomic E-state index is 0.215. The van der Waals surface area contributed by atoms with E-state index in [1.165, 1.54) is 4.90 Å². The number of hydrogen-bond acceptors (Lipinski definition) is 2. The first-order valence-electron chi connectivity index (χ1n) is 7.96. The van der Waals surface area contributed by atoms with Gasteiger partial charge in [0.05, 0.1) is 0 Å². The van der Waals surface area contributed by atoms with Gasteiger partial charge in [-0.2, -0.15) is 0 Å². The van der Waals surface area contributed by atoms with Crippen molar-refractivity contribution in [2.24, 2.45) is 5.92 Å². The quantitative estimate of drug-likeness (QED) is 0.843. The van der Waals surface area contributed by atoms with Crippen molar-refractivity contribution in [1.82, 2.24) is 10.2 Å². The van der Waals surface area contributed by atoms with Crippen LogP contribution >= 0.6 is 0 Å². The highest BCUT2D eigenvalue weighted by Crippen LogP contribution is 2.22. The Labute approximate surface area is 138 Å². The highest BCUT2D eigenvalue weighted by Gasteiger charge is 2.37. The minimum Gasteiger partial charge on any atom is -0.465 e. The number of nitrogens with one attached hydrogen (secondary N) is 1. The van der Waals surface area contributed by atoms with Crippen LogP contribution in [0.1, 0.15) is 46.6 Å². The smallest absolute Gasteiger partial charge is 0.408 e. The summed E-state index contributed by atoms with van der Waals surface area (Å²) in [6.45, 7) is 9.78. The molecule has 0 spiro atoms. The molecule has 0 aromatic heterocycles. The predicted octanol–water partition coefficient (Wildman–Crippen LogP) is 3.50. The molecule has 1 aromatic carbocycles. The first-order chi connectivity index (χ1) is 10.6. The zero-order valence-corrected chi connectivity index (χ0v) is 14.7. The fraction of sp³-hybridized carbons (Fsp3) is 0.556. The van der Waals surface area contributed by atoms with Crippen LogP contribution in [-0.2, 0) is 11.3 Å². The third-order valence-electron chi connectivity index (χ3n) is 3.55. The van der Waals surface area contributed by atoms with Crippen molar-refractivity contribution < 1.29 is 14.7 Å². The van der Waals surface area contributed by atoms with E-state index in [4.69, 9.17) is 0 Å². The molecule has 23 heavy (non-hydrogen) atoms. The van der Waals surface area contributed by atoms with Gasteiger partial charge in [0.2, 0.25) is 5.91 Å². The molecule has 2 amide bonds. The van der Waals surface area contributed by atoms with E-state index in [2.05, 4.69) is 5.32 Å². The van der Waals surface area contributed by atoms with Crippen molar-refractivity contribution in [3.63, 3.8) is 0 Å². The van der Waals surface area contributed by atoms with Gasteiger partial charge in [-0.3, -0.25) is 9.69 Å². The maximum absolute atomic E-state index is 12.6. The third-order valence-corrected chi connectivity index (χ3v) is 3.55. The van der Waals surface area contributed by atoms with Crippen LogP contribution in [0, 0.1) is 5.92 Å². The monoisotopic (exact) mass is 320 g/mol. The summed E-state index contributed by atoms with van der Waals surface area (Å²) in [5, 5.41) is 12.4. The van der Waals surface area contributed by atoms with E-state index in [-0.39, 0.29) is 11.8 Å². The molecule has 0 aliphatic rings. The zero-order valence-electron chi connectivity index (χ0n) is 14.7. The number of carbonyl (C=O) groups excluding carboxylic acids is 1. The van der Waals surface area contributed by atoms with Gasteiger partial charge in [0.15, 0.2) is 0 Å². The van der Waals surface area contributed by atoms with Crippen LogP contribution in [0.2, 0.25) is 0 Å². The lowest BCUT2D eigenvalue weighted by molar-refractivity contribution is -0.128. The summed E-state index contributed by atoms with van der Waals surface area (Å²) >= 11 is 0. The number of carboxylic acid groups (broad SMARTS) is 1. The van der Waals surface area contributed by atoms with Crippen molar-refractivity contribution in [1.29, 1.82) is 0 Å². The predicted molar refractivity (Wildman–Crippen MR) is 91.1 cm³/mol. The third kappa shape index (κ3) is 5.93. The van der Waals surface area contributed by atoms with Crippen LogP contribution in [0.3, 0.4) is 0 Å². The lowest BCUT2D eigenvalue weighted by atomic mass is 9.96. The number of benzene rings is 1. The van der Waals surface area contributed by atoms with Crippen LogP contribution in [0.4, 0.5) is 4.79 Å². The molecule has 1 unspecified atom stereocenters. The zero-order chi connectivity index (χ0) is 17.6. The topological polar surface area (TPSA) is 69.6 Å². The highest BCUT2D eigenvalue weighted by atomic mass is 16.4. The first-order valence-corrected chi connectivity index (χ1v) is 7.96. The molecule has 5 nitrogen and oxygen atoms in total. The average molecular weight is 320 g/mol. The van der Waals surface area contributed by atoms with Gasteiger partial charge in [-0.15, -0.1) is 0 Å². The van der Waals surface area contributed by atoms with Crippen LogP contribution < -0.4 is 5.32 Å². The molecular weight excluding hydrogens is 292 g/mol. The molecule has 0 saturated carbocycles. The number of hydrogen-bond donors (Lipinski definition) is 2. The number of rotatable bonds is 6. The van der Waals surface area contributed by atoms with E-state index in [0.717, 1.165) is 5.56 Å². The molecule has 0 heterocycles. The molecule has 0 fully saturated rings. The summed E-state index contributed by atoms with van der Waals surface area (Å²) in [5.41, 5.74) is 0.344. The second-order valence-corrected chi connectivity index (χ2v) is 7.17. The molecule has 1 rings (SSSR count). The minimum atomic E-state index is -1.07. The van der Waals surface area contributed by atoms with Crippen molar-refractivity contribution in [3.05, 3.63) is 35.9 Å².